The van der Waals surface area contributed by atoms with Gasteiger partial charge in [-0.3, -0.25) is 4.98 Å². The van der Waals surface area contributed by atoms with Gasteiger partial charge in [-0.25, -0.2) is 18.4 Å². The average Bonchev–Trinajstić information content (AvgIpc) is 2.75. The highest BCUT2D eigenvalue weighted by Crippen LogP contribution is 2.23. The van der Waals surface area contributed by atoms with Crippen molar-refractivity contribution in [2.45, 2.75) is 10.6 Å². The SMILES string of the molecule is O=S(=O)(Cc1cc(N2CCOCC2)nc(-c2cccnc2)n1)c1ccccc1. The van der Waals surface area contributed by atoms with Gasteiger partial charge in [-0.1, -0.05) is 18.2 Å². The van der Waals surface area contributed by atoms with Gasteiger partial charge in [-0.15, -0.1) is 0 Å². The number of hydrogen-bond acceptors (Lipinski definition) is 7. The Hall–Kier alpha value is -2.84. The highest BCUT2D eigenvalue weighted by Gasteiger charge is 2.20. The summed E-state index contributed by atoms with van der Waals surface area (Å²) in [6.45, 7) is 2.64. The number of ether oxygens (including phenoxy) is 1. The van der Waals surface area contributed by atoms with Crippen LogP contribution in [-0.4, -0.2) is 49.7 Å². The van der Waals surface area contributed by atoms with Crippen molar-refractivity contribution in [3.05, 3.63) is 66.6 Å². The molecule has 7 nitrogen and oxygen atoms in total. The van der Waals surface area contributed by atoms with Gasteiger partial charge < -0.3 is 9.64 Å². The fraction of sp³-hybridized carbons (Fsp3) is 0.250. The van der Waals surface area contributed by atoms with Crippen molar-refractivity contribution >= 4 is 15.7 Å². The van der Waals surface area contributed by atoms with E-state index in [2.05, 4.69) is 19.9 Å². The number of aromatic nitrogens is 3. The van der Waals surface area contributed by atoms with E-state index in [1.165, 1.54) is 0 Å². The number of rotatable bonds is 5. The van der Waals surface area contributed by atoms with Gasteiger partial charge in [0.2, 0.25) is 0 Å². The fourth-order valence-corrected chi connectivity index (χ4v) is 4.32. The van der Waals surface area contributed by atoms with E-state index in [-0.39, 0.29) is 10.6 Å². The zero-order valence-corrected chi connectivity index (χ0v) is 16.0. The van der Waals surface area contributed by atoms with Crippen LogP contribution in [-0.2, 0) is 20.3 Å². The van der Waals surface area contributed by atoms with Crippen molar-refractivity contribution in [1.82, 2.24) is 15.0 Å². The van der Waals surface area contributed by atoms with Crippen molar-refractivity contribution in [2.75, 3.05) is 31.2 Å². The molecule has 1 aromatic carbocycles. The molecule has 1 fully saturated rings. The monoisotopic (exact) mass is 396 g/mol. The third-order valence-electron chi connectivity index (χ3n) is 4.46. The van der Waals surface area contributed by atoms with Crippen LogP contribution in [0.1, 0.15) is 5.69 Å². The molecule has 4 rings (SSSR count). The quantitative estimate of drug-likeness (QED) is 0.654. The van der Waals surface area contributed by atoms with Crippen molar-refractivity contribution < 1.29 is 13.2 Å². The molecule has 1 aliphatic rings. The molecule has 2 aromatic heterocycles. The van der Waals surface area contributed by atoms with E-state index < -0.39 is 9.84 Å². The van der Waals surface area contributed by atoms with Crippen molar-refractivity contribution in [3.8, 4) is 11.4 Å². The van der Waals surface area contributed by atoms with E-state index in [0.29, 0.717) is 43.6 Å². The van der Waals surface area contributed by atoms with Crippen LogP contribution in [0, 0.1) is 0 Å². The minimum atomic E-state index is -3.51. The molecule has 144 valence electrons. The van der Waals surface area contributed by atoms with Crippen molar-refractivity contribution in [1.29, 1.82) is 0 Å². The second-order valence-electron chi connectivity index (χ2n) is 6.45. The van der Waals surface area contributed by atoms with Gasteiger partial charge in [0.25, 0.3) is 0 Å². The Kier molecular flexibility index (Phi) is 5.31. The Bertz CT molecular complexity index is 1040. The molecular weight excluding hydrogens is 376 g/mol. The molecule has 0 atom stereocenters. The van der Waals surface area contributed by atoms with Gasteiger partial charge in [-0.2, -0.15) is 0 Å². The van der Waals surface area contributed by atoms with Gasteiger partial charge in [0.1, 0.15) is 5.82 Å². The number of morpholine rings is 1. The predicted octanol–water partition coefficient (Wildman–Crippen LogP) is 2.35. The van der Waals surface area contributed by atoms with Crippen molar-refractivity contribution in [2.24, 2.45) is 0 Å². The van der Waals surface area contributed by atoms with Crippen LogP contribution in [0.5, 0.6) is 0 Å². The third kappa shape index (κ3) is 4.18. The van der Waals surface area contributed by atoms with E-state index in [1.807, 2.05) is 6.07 Å². The molecule has 1 saturated heterocycles. The Balaban J connectivity index is 1.73. The molecular formula is C20H20N4O3S. The zero-order valence-electron chi connectivity index (χ0n) is 15.2. The van der Waals surface area contributed by atoms with E-state index >= 15 is 0 Å². The smallest absolute Gasteiger partial charge is 0.184 e. The normalized spacial score (nSPS) is 14.8. The molecule has 3 heterocycles. The molecule has 3 aromatic rings. The second kappa shape index (κ2) is 8.04. The highest BCUT2D eigenvalue weighted by atomic mass is 32.2. The van der Waals surface area contributed by atoms with Crippen LogP contribution < -0.4 is 4.90 Å². The summed E-state index contributed by atoms with van der Waals surface area (Å²) in [6.07, 6.45) is 3.35. The second-order valence-corrected chi connectivity index (χ2v) is 8.44. The molecule has 0 aliphatic carbocycles. The number of benzene rings is 1. The van der Waals surface area contributed by atoms with Crippen molar-refractivity contribution in [3.63, 3.8) is 0 Å². The molecule has 28 heavy (non-hydrogen) atoms. The van der Waals surface area contributed by atoms with Crippen LogP contribution in [0.2, 0.25) is 0 Å². The molecule has 1 aliphatic heterocycles. The average molecular weight is 396 g/mol. The Labute approximate surface area is 164 Å². The summed E-state index contributed by atoms with van der Waals surface area (Å²) in [5, 5.41) is 0. The lowest BCUT2D eigenvalue weighted by Crippen LogP contribution is -2.37. The van der Waals surface area contributed by atoms with E-state index in [1.54, 1.807) is 54.9 Å². The minimum absolute atomic E-state index is 0.190. The summed E-state index contributed by atoms with van der Waals surface area (Å²) < 4.78 is 31.1. The number of pyridine rings is 1. The van der Waals surface area contributed by atoms with Crippen LogP contribution in [0.4, 0.5) is 5.82 Å². The number of nitrogens with zero attached hydrogens (tertiary/aromatic N) is 4. The highest BCUT2D eigenvalue weighted by molar-refractivity contribution is 7.90. The molecule has 8 heteroatoms. The maximum Gasteiger partial charge on any atom is 0.184 e. The van der Waals surface area contributed by atoms with Gasteiger partial charge in [0.05, 0.1) is 29.6 Å². The fourth-order valence-electron chi connectivity index (χ4n) is 3.04. The first-order chi connectivity index (χ1) is 13.6. The number of anilines is 1. The Morgan fingerprint density at radius 1 is 1.00 bits per heavy atom. The number of sulfone groups is 1. The molecule has 0 unspecified atom stereocenters. The first-order valence-electron chi connectivity index (χ1n) is 9.01. The summed E-state index contributed by atoms with van der Waals surface area (Å²) >= 11 is 0. The van der Waals surface area contributed by atoms with Gasteiger partial charge in [0.15, 0.2) is 15.7 Å². The number of hydrogen-bond donors (Lipinski definition) is 0. The van der Waals surface area contributed by atoms with E-state index in [4.69, 9.17) is 4.74 Å². The van der Waals surface area contributed by atoms with Gasteiger partial charge in [-0.05, 0) is 24.3 Å². The lowest BCUT2D eigenvalue weighted by molar-refractivity contribution is 0.122. The van der Waals surface area contributed by atoms with Crippen LogP contribution in [0.25, 0.3) is 11.4 Å². The van der Waals surface area contributed by atoms with E-state index in [0.717, 1.165) is 5.56 Å². The lowest BCUT2D eigenvalue weighted by Gasteiger charge is -2.28. The molecule has 0 saturated carbocycles. The Morgan fingerprint density at radius 3 is 2.50 bits per heavy atom. The maximum atomic E-state index is 12.8. The molecule has 0 bridgehead atoms. The summed E-state index contributed by atoms with van der Waals surface area (Å²) in [7, 11) is -3.51. The summed E-state index contributed by atoms with van der Waals surface area (Å²) in [5.74, 6) is 0.982. The molecule has 0 N–H and O–H groups in total. The standard InChI is InChI=1S/C20H20N4O3S/c25-28(26,18-6-2-1-3-7-18)15-17-13-19(24-9-11-27-12-10-24)23-20(22-17)16-5-4-8-21-14-16/h1-8,13-14H,9-12,15H2. The van der Waals surface area contributed by atoms with Crippen LogP contribution in [0.3, 0.4) is 0 Å². The maximum absolute atomic E-state index is 12.8. The van der Waals surface area contributed by atoms with Gasteiger partial charge >= 0.3 is 0 Å². The largest absolute Gasteiger partial charge is 0.378 e. The van der Waals surface area contributed by atoms with Gasteiger partial charge in [0, 0.05) is 37.1 Å². The topological polar surface area (TPSA) is 85.3 Å². The molecule has 0 amide bonds. The molecule has 0 spiro atoms. The zero-order chi connectivity index (χ0) is 19.4. The lowest BCUT2D eigenvalue weighted by atomic mass is 10.2. The first-order valence-corrected chi connectivity index (χ1v) is 10.7. The predicted molar refractivity (Wildman–Crippen MR) is 106 cm³/mol. The van der Waals surface area contributed by atoms with Crippen LogP contribution >= 0.6 is 0 Å². The Morgan fingerprint density at radius 2 is 1.79 bits per heavy atom. The first kappa shape index (κ1) is 18.5. The summed E-state index contributed by atoms with van der Waals surface area (Å²) in [5.41, 5.74) is 1.20. The minimum Gasteiger partial charge on any atom is -0.378 e. The van der Waals surface area contributed by atoms with Crippen LogP contribution in [0.15, 0.2) is 65.8 Å². The summed E-state index contributed by atoms with van der Waals surface area (Å²) in [4.78, 5) is 15.7. The third-order valence-corrected chi connectivity index (χ3v) is 6.13. The van der Waals surface area contributed by atoms with E-state index in [9.17, 15) is 8.42 Å². The summed E-state index contributed by atoms with van der Waals surface area (Å²) in [6, 6.07) is 13.8. The molecule has 0 radical (unpaired) electrons.